The fourth-order valence-corrected chi connectivity index (χ4v) is 0. The quantitative estimate of drug-likeness (QED) is 0.596. The summed E-state index contributed by atoms with van der Waals surface area (Å²) in [4.78, 5) is 0. The Balaban J connectivity index is 0. The Morgan fingerprint density at radius 3 is 1.45 bits per heavy atom. The Morgan fingerprint density at radius 1 is 1.27 bits per heavy atom. The minimum Gasteiger partial charge on any atom is -0.766 e. The van der Waals surface area contributed by atoms with Crippen LogP contribution in [0, 0.1) is 0 Å². The summed E-state index contributed by atoms with van der Waals surface area (Å²) in [5.41, 5.74) is -5.08. The van der Waals surface area contributed by atoms with Gasteiger partial charge in [0.05, 0.1) is 11.1 Å². The minimum atomic E-state index is -5.08. The van der Waals surface area contributed by atoms with Crippen LogP contribution in [-0.4, -0.2) is 14.3 Å². The highest BCUT2D eigenvalue weighted by Crippen LogP contribution is 2.16. The second kappa shape index (κ2) is 6.60. The molecule has 0 aromatic carbocycles. The molecule has 1 atom stereocenters. The van der Waals surface area contributed by atoms with Crippen LogP contribution in [-0.2, 0) is 11.1 Å². The van der Waals surface area contributed by atoms with Crippen LogP contribution in [0.1, 0.15) is 26.7 Å². The third kappa shape index (κ3) is 13.0. The van der Waals surface area contributed by atoms with Gasteiger partial charge in [0, 0.05) is 0 Å². The van der Waals surface area contributed by atoms with Crippen molar-refractivity contribution in [2.24, 2.45) is 0 Å². The molecule has 2 nitrogen and oxygen atoms in total. The van der Waals surface area contributed by atoms with Crippen molar-refractivity contribution < 1.29 is 21.9 Å². The van der Waals surface area contributed by atoms with Crippen molar-refractivity contribution in [3.63, 3.8) is 0 Å². The Morgan fingerprint density at radius 2 is 1.45 bits per heavy atom. The molecular formula is C5H10F3O2S-. The number of hydrogen-bond donors (Lipinski definition) is 0. The minimum absolute atomic E-state index is 1.32. The highest BCUT2D eigenvalue weighted by molar-refractivity contribution is 7.80. The van der Waals surface area contributed by atoms with Gasteiger partial charge in [-0.05, 0) is 0 Å². The molecule has 0 saturated carbocycles. The Bertz CT molecular complexity index is 111. The lowest BCUT2D eigenvalue weighted by Crippen LogP contribution is -2.14. The molecule has 0 aliphatic heterocycles. The molecule has 0 aliphatic carbocycles. The van der Waals surface area contributed by atoms with Crippen molar-refractivity contribution in [1.82, 2.24) is 0 Å². The van der Waals surface area contributed by atoms with Gasteiger partial charge in [-0.25, -0.2) is 0 Å². The van der Waals surface area contributed by atoms with Crippen LogP contribution in [0.5, 0.6) is 0 Å². The summed E-state index contributed by atoms with van der Waals surface area (Å²) in [7, 11) is 0. The third-order valence-corrected chi connectivity index (χ3v) is 1.07. The summed E-state index contributed by atoms with van der Waals surface area (Å²) in [5.74, 6) is 0. The first kappa shape index (κ1) is 13.5. The summed E-state index contributed by atoms with van der Waals surface area (Å²) in [6, 6.07) is 0. The standard InChI is InChI=1S/C4H10.CHF3O2S/c1-3-4-2;2-1(3,4)7(5)6/h3-4H2,1-2H3;(H,5,6)/p-1. The van der Waals surface area contributed by atoms with Gasteiger partial charge in [-0.3, -0.25) is 4.21 Å². The van der Waals surface area contributed by atoms with Crippen molar-refractivity contribution in [3.8, 4) is 0 Å². The lowest BCUT2D eigenvalue weighted by atomic mass is 10.4. The van der Waals surface area contributed by atoms with Gasteiger partial charge in [-0.1, -0.05) is 26.7 Å². The van der Waals surface area contributed by atoms with Crippen LogP contribution >= 0.6 is 0 Å². The number of halogens is 3. The van der Waals surface area contributed by atoms with Gasteiger partial charge in [0.1, 0.15) is 0 Å². The molecular weight excluding hydrogens is 181 g/mol. The molecule has 0 N–H and O–H groups in total. The van der Waals surface area contributed by atoms with Gasteiger partial charge in [-0.2, -0.15) is 13.2 Å². The van der Waals surface area contributed by atoms with Crippen LogP contribution in [0.3, 0.4) is 0 Å². The number of alkyl halides is 3. The summed E-state index contributed by atoms with van der Waals surface area (Å²) >= 11 is -3.93. The lowest BCUT2D eigenvalue weighted by molar-refractivity contribution is -0.0452. The van der Waals surface area contributed by atoms with E-state index in [1.54, 1.807) is 0 Å². The van der Waals surface area contributed by atoms with E-state index in [9.17, 15) is 13.2 Å². The Labute approximate surface area is 66.1 Å². The SMILES string of the molecule is CCCC.O=S([O-])C(F)(F)F. The average Bonchev–Trinajstić information content (AvgIpc) is 1.87. The molecule has 0 saturated heterocycles. The molecule has 0 fully saturated rings. The van der Waals surface area contributed by atoms with Crippen LogP contribution < -0.4 is 0 Å². The maximum Gasteiger partial charge on any atom is 0.458 e. The van der Waals surface area contributed by atoms with Gasteiger partial charge in [0.15, 0.2) is 0 Å². The first-order chi connectivity index (χ1) is 4.86. The number of unbranched alkanes of at least 4 members (excludes halogenated alkanes) is 1. The molecule has 11 heavy (non-hydrogen) atoms. The molecule has 70 valence electrons. The third-order valence-electron chi connectivity index (χ3n) is 0.689. The molecule has 1 unspecified atom stereocenters. The highest BCUT2D eigenvalue weighted by Gasteiger charge is 2.28. The predicted molar refractivity (Wildman–Crippen MR) is 35.6 cm³/mol. The summed E-state index contributed by atoms with van der Waals surface area (Å²) in [5, 5.41) is 0. The van der Waals surface area contributed by atoms with Gasteiger partial charge >= 0.3 is 5.51 Å². The molecule has 0 spiro atoms. The maximum absolute atomic E-state index is 10.6. The molecule has 0 amide bonds. The van der Waals surface area contributed by atoms with Crippen LogP contribution in [0.25, 0.3) is 0 Å². The molecule has 0 aromatic rings. The van der Waals surface area contributed by atoms with E-state index >= 15 is 0 Å². The van der Waals surface area contributed by atoms with E-state index in [-0.39, 0.29) is 0 Å². The largest absolute Gasteiger partial charge is 0.766 e. The molecule has 0 rings (SSSR count). The normalized spacial score (nSPS) is 13.3. The monoisotopic (exact) mass is 191 g/mol. The van der Waals surface area contributed by atoms with Crippen LogP contribution in [0.2, 0.25) is 0 Å². The van der Waals surface area contributed by atoms with Crippen LogP contribution in [0.4, 0.5) is 13.2 Å². The van der Waals surface area contributed by atoms with Gasteiger partial charge in [0.25, 0.3) is 0 Å². The zero-order valence-electron chi connectivity index (χ0n) is 6.27. The van der Waals surface area contributed by atoms with Gasteiger partial charge < -0.3 is 4.55 Å². The molecule has 0 radical (unpaired) electrons. The van der Waals surface area contributed by atoms with E-state index in [1.807, 2.05) is 0 Å². The number of hydrogen-bond acceptors (Lipinski definition) is 2. The molecule has 0 heterocycles. The molecule has 6 heteroatoms. The van der Waals surface area contributed by atoms with Crippen molar-refractivity contribution in [2.75, 3.05) is 0 Å². The Kier molecular flexibility index (Phi) is 8.09. The van der Waals surface area contributed by atoms with E-state index < -0.39 is 16.6 Å². The van der Waals surface area contributed by atoms with Crippen LogP contribution in [0.15, 0.2) is 0 Å². The summed E-state index contributed by atoms with van der Waals surface area (Å²) in [6.07, 6.45) is 2.64. The maximum atomic E-state index is 10.6. The van der Waals surface area contributed by atoms with Crippen molar-refractivity contribution in [2.45, 2.75) is 32.2 Å². The first-order valence-electron chi connectivity index (χ1n) is 3.02. The lowest BCUT2D eigenvalue weighted by Gasteiger charge is -2.06. The van der Waals surface area contributed by atoms with Crippen molar-refractivity contribution in [1.29, 1.82) is 0 Å². The van der Waals surface area contributed by atoms with E-state index in [4.69, 9.17) is 8.76 Å². The topological polar surface area (TPSA) is 40.1 Å². The average molecular weight is 191 g/mol. The molecule has 0 aromatic heterocycles. The summed E-state index contributed by atoms with van der Waals surface area (Å²) in [6.45, 7) is 4.36. The fourth-order valence-electron chi connectivity index (χ4n) is 0. The highest BCUT2D eigenvalue weighted by atomic mass is 32.2. The molecule has 0 bridgehead atoms. The predicted octanol–water partition coefficient (Wildman–Crippen LogP) is 2.19. The Hall–Kier alpha value is -0.100. The van der Waals surface area contributed by atoms with Crippen molar-refractivity contribution >= 4 is 11.1 Å². The van der Waals surface area contributed by atoms with E-state index in [1.165, 1.54) is 12.8 Å². The second-order valence-electron chi connectivity index (χ2n) is 1.68. The van der Waals surface area contributed by atoms with E-state index in [2.05, 4.69) is 13.8 Å². The second-order valence-corrected chi connectivity index (χ2v) is 2.61. The zero-order valence-corrected chi connectivity index (χ0v) is 7.09. The van der Waals surface area contributed by atoms with Gasteiger partial charge in [-0.15, -0.1) is 0 Å². The molecule has 0 aliphatic rings. The van der Waals surface area contributed by atoms with Gasteiger partial charge in [0.2, 0.25) is 0 Å². The summed E-state index contributed by atoms with van der Waals surface area (Å²) < 4.78 is 49.5. The fraction of sp³-hybridized carbons (Fsp3) is 1.00. The number of rotatable bonds is 1. The van der Waals surface area contributed by atoms with E-state index in [0.29, 0.717) is 0 Å². The van der Waals surface area contributed by atoms with Crippen molar-refractivity contribution in [3.05, 3.63) is 0 Å². The zero-order chi connectivity index (χ0) is 9.49. The smallest absolute Gasteiger partial charge is 0.458 e. The first-order valence-corrected chi connectivity index (χ1v) is 4.09. The van der Waals surface area contributed by atoms with E-state index in [0.717, 1.165) is 0 Å².